The molecule has 3 rings (SSSR count). The summed E-state index contributed by atoms with van der Waals surface area (Å²) in [5.74, 6) is 2.24. The average molecular weight is 333 g/mol. The largest absolute Gasteiger partial charge is 0.369 e. The maximum atomic E-state index is 4.81. The van der Waals surface area contributed by atoms with E-state index in [2.05, 4.69) is 70.3 Å². The lowest BCUT2D eigenvalue weighted by atomic mass is 9.87. The zero-order valence-electron chi connectivity index (χ0n) is 15.8. The van der Waals surface area contributed by atoms with Gasteiger partial charge in [0, 0.05) is 17.5 Å². The van der Waals surface area contributed by atoms with Gasteiger partial charge in [-0.2, -0.15) is 0 Å². The minimum absolute atomic E-state index is 0.146. The molecule has 1 aromatic heterocycles. The van der Waals surface area contributed by atoms with Crippen LogP contribution in [0.5, 0.6) is 0 Å². The van der Waals surface area contributed by atoms with Crippen molar-refractivity contribution in [3.8, 4) is 11.4 Å². The van der Waals surface area contributed by atoms with Crippen LogP contribution < -0.4 is 5.32 Å². The first-order chi connectivity index (χ1) is 11.8. The third-order valence-corrected chi connectivity index (χ3v) is 4.29. The van der Waals surface area contributed by atoms with Gasteiger partial charge in [0.1, 0.15) is 5.82 Å². The molecule has 2 aromatic carbocycles. The minimum Gasteiger partial charge on any atom is -0.369 e. The van der Waals surface area contributed by atoms with Crippen molar-refractivity contribution in [1.29, 1.82) is 0 Å². The molecule has 0 saturated heterocycles. The summed E-state index contributed by atoms with van der Waals surface area (Å²) in [5, 5.41) is 4.55. The fraction of sp³-hybridized carbons (Fsp3) is 0.364. The van der Waals surface area contributed by atoms with Gasteiger partial charge >= 0.3 is 0 Å². The monoisotopic (exact) mass is 333 g/mol. The Hall–Kier alpha value is -2.42. The van der Waals surface area contributed by atoms with Gasteiger partial charge in [0.2, 0.25) is 0 Å². The number of nitrogens with zero attached hydrogens (tertiary/aromatic N) is 2. The first-order valence-electron chi connectivity index (χ1n) is 8.96. The van der Waals surface area contributed by atoms with Crippen LogP contribution in [-0.2, 0) is 5.41 Å². The van der Waals surface area contributed by atoms with Crippen LogP contribution in [-0.4, -0.2) is 16.5 Å². The molecule has 1 heterocycles. The predicted molar refractivity (Wildman–Crippen MR) is 107 cm³/mol. The van der Waals surface area contributed by atoms with Crippen molar-refractivity contribution in [3.63, 3.8) is 0 Å². The van der Waals surface area contributed by atoms with Gasteiger partial charge in [0.05, 0.1) is 5.52 Å². The summed E-state index contributed by atoms with van der Waals surface area (Å²) in [7, 11) is 0. The summed E-state index contributed by atoms with van der Waals surface area (Å²) < 4.78 is 0. The maximum Gasteiger partial charge on any atom is 0.162 e. The number of aromatic nitrogens is 2. The number of hydrogen-bond acceptors (Lipinski definition) is 3. The molecule has 130 valence electrons. The Morgan fingerprint density at radius 1 is 0.920 bits per heavy atom. The van der Waals surface area contributed by atoms with E-state index in [1.165, 1.54) is 5.56 Å². The summed E-state index contributed by atoms with van der Waals surface area (Å²) in [4.78, 5) is 9.59. The first kappa shape index (κ1) is 17.4. The van der Waals surface area contributed by atoms with Crippen LogP contribution >= 0.6 is 0 Å². The second-order valence-corrected chi connectivity index (χ2v) is 8.02. The number of para-hydroxylation sites is 1. The third kappa shape index (κ3) is 3.98. The van der Waals surface area contributed by atoms with Crippen LogP contribution in [0.15, 0.2) is 48.5 Å². The highest BCUT2D eigenvalue weighted by Gasteiger charge is 2.14. The standard InChI is InChI=1S/C22H27N3/c1-15(2)14-23-21-18-8-6-7-9-19(18)24-20(25-21)16-10-12-17(13-11-16)22(3,4)5/h6-13,15H,14H2,1-5H3,(H,23,24,25). The second-order valence-electron chi connectivity index (χ2n) is 8.02. The van der Waals surface area contributed by atoms with E-state index in [1.54, 1.807) is 0 Å². The first-order valence-corrected chi connectivity index (χ1v) is 8.96. The quantitative estimate of drug-likeness (QED) is 0.669. The molecule has 0 bridgehead atoms. The predicted octanol–water partition coefficient (Wildman–Crippen LogP) is 5.66. The fourth-order valence-corrected chi connectivity index (χ4v) is 2.76. The van der Waals surface area contributed by atoms with Crippen LogP contribution in [0.2, 0.25) is 0 Å². The van der Waals surface area contributed by atoms with Gasteiger partial charge in [-0.05, 0) is 29.0 Å². The van der Waals surface area contributed by atoms with Crippen molar-refractivity contribution in [3.05, 3.63) is 54.1 Å². The van der Waals surface area contributed by atoms with Gasteiger partial charge in [0.15, 0.2) is 5.82 Å². The molecule has 1 N–H and O–H groups in total. The second kappa shape index (κ2) is 6.83. The summed E-state index contributed by atoms with van der Waals surface area (Å²) in [6.07, 6.45) is 0. The number of rotatable bonds is 4. The van der Waals surface area contributed by atoms with E-state index in [9.17, 15) is 0 Å². The fourth-order valence-electron chi connectivity index (χ4n) is 2.76. The zero-order valence-corrected chi connectivity index (χ0v) is 15.8. The van der Waals surface area contributed by atoms with Gasteiger partial charge in [-0.15, -0.1) is 0 Å². The van der Waals surface area contributed by atoms with E-state index in [0.29, 0.717) is 5.92 Å². The molecule has 0 unspecified atom stereocenters. The van der Waals surface area contributed by atoms with Crippen LogP contribution in [0.25, 0.3) is 22.3 Å². The molecule has 0 radical (unpaired) electrons. The van der Waals surface area contributed by atoms with E-state index < -0.39 is 0 Å². The van der Waals surface area contributed by atoms with E-state index in [-0.39, 0.29) is 5.41 Å². The highest BCUT2D eigenvalue weighted by atomic mass is 15.0. The van der Waals surface area contributed by atoms with Crippen molar-refractivity contribution in [2.75, 3.05) is 11.9 Å². The van der Waals surface area contributed by atoms with Crippen LogP contribution in [0.3, 0.4) is 0 Å². The summed E-state index contributed by atoms with van der Waals surface area (Å²) in [5.41, 5.74) is 3.48. The van der Waals surface area contributed by atoms with Crippen molar-refractivity contribution in [2.24, 2.45) is 5.92 Å². The van der Waals surface area contributed by atoms with E-state index in [4.69, 9.17) is 9.97 Å². The van der Waals surface area contributed by atoms with Gasteiger partial charge < -0.3 is 5.32 Å². The number of fused-ring (bicyclic) bond motifs is 1. The average Bonchev–Trinajstić information content (AvgIpc) is 2.58. The lowest BCUT2D eigenvalue weighted by molar-refractivity contribution is 0.590. The third-order valence-electron chi connectivity index (χ3n) is 4.29. The molecule has 0 aliphatic heterocycles. The van der Waals surface area contributed by atoms with Crippen molar-refractivity contribution < 1.29 is 0 Å². The topological polar surface area (TPSA) is 37.8 Å². The SMILES string of the molecule is CC(C)CNc1nc(-c2ccc(C(C)(C)C)cc2)nc2ccccc12. The van der Waals surface area contributed by atoms with Crippen molar-refractivity contribution in [1.82, 2.24) is 9.97 Å². The molecule has 3 heteroatoms. The van der Waals surface area contributed by atoms with E-state index in [1.807, 2.05) is 18.2 Å². The lowest BCUT2D eigenvalue weighted by Gasteiger charge is -2.19. The Morgan fingerprint density at radius 3 is 2.24 bits per heavy atom. The molecule has 0 amide bonds. The molecule has 0 fully saturated rings. The van der Waals surface area contributed by atoms with E-state index >= 15 is 0 Å². The highest BCUT2D eigenvalue weighted by molar-refractivity contribution is 5.90. The van der Waals surface area contributed by atoms with Crippen molar-refractivity contribution in [2.45, 2.75) is 40.0 Å². The zero-order chi connectivity index (χ0) is 18.0. The summed E-state index contributed by atoms with van der Waals surface area (Å²) in [6, 6.07) is 16.8. The van der Waals surface area contributed by atoms with Crippen LogP contribution in [0, 0.1) is 5.92 Å². The number of hydrogen-bond donors (Lipinski definition) is 1. The lowest BCUT2D eigenvalue weighted by Crippen LogP contribution is -2.11. The smallest absolute Gasteiger partial charge is 0.162 e. The molecular formula is C22H27N3. The Balaban J connectivity index is 2.04. The highest BCUT2D eigenvalue weighted by Crippen LogP contribution is 2.28. The molecule has 0 atom stereocenters. The van der Waals surface area contributed by atoms with Gasteiger partial charge in [-0.1, -0.05) is 71.0 Å². The summed E-state index contributed by atoms with van der Waals surface area (Å²) >= 11 is 0. The Labute approximate surface area is 150 Å². The Morgan fingerprint density at radius 2 is 1.60 bits per heavy atom. The molecule has 0 aliphatic carbocycles. The van der Waals surface area contributed by atoms with Crippen molar-refractivity contribution >= 4 is 16.7 Å². The molecular weight excluding hydrogens is 306 g/mol. The molecule has 0 spiro atoms. The van der Waals surface area contributed by atoms with Crippen LogP contribution in [0.1, 0.15) is 40.2 Å². The normalized spacial score (nSPS) is 11.9. The number of anilines is 1. The minimum atomic E-state index is 0.146. The molecule has 3 nitrogen and oxygen atoms in total. The molecule has 3 aromatic rings. The number of nitrogens with one attached hydrogen (secondary N) is 1. The molecule has 0 aliphatic rings. The van der Waals surface area contributed by atoms with Gasteiger partial charge in [0.25, 0.3) is 0 Å². The Kier molecular flexibility index (Phi) is 4.76. The van der Waals surface area contributed by atoms with Crippen LogP contribution in [0.4, 0.5) is 5.82 Å². The van der Waals surface area contributed by atoms with Gasteiger partial charge in [-0.3, -0.25) is 0 Å². The molecule has 0 saturated carbocycles. The van der Waals surface area contributed by atoms with E-state index in [0.717, 1.165) is 34.7 Å². The number of benzene rings is 2. The maximum absolute atomic E-state index is 4.81. The molecule has 25 heavy (non-hydrogen) atoms. The Bertz CT molecular complexity index is 859. The summed E-state index contributed by atoms with van der Waals surface area (Å²) in [6.45, 7) is 12.0. The van der Waals surface area contributed by atoms with Gasteiger partial charge in [-0.25, -0.2) is 9.97 Å².